The number of benzene rings is 8. The molecule has 8 aromatic carbocycles. The first-order chi connectivity index (χ1) is 27.2. The second-order valence-corrected chi connectivity index (χ2v) is 16.2. The summed E-state index contributed by atoms with van der Waals surface area (Å²) >= 11 is 3.62. The van der Waals surface area contributed by atoms with Crippen molar-refractivity contribution >= 4 is 73.9 Å². The van der Waals surface area contributed by atoms with Crippen molar-refractivity contribution in [1.29, 1.82) is 0 Å². The van der Waals surface area contributed by atoms with Crippen LogP contribution in [0, 0.1) is 0 Å². The maximum absolute atomic E-state index is 6.69. The molecule has 1 aliphatic rings. The average molecular weight is 737 g/mol. The number of fused-ring (bicyclic) bond motifs is 8. The zero-order valence-corrected chi connectivity index (χ0v) is 30.9. The van der Waals surface area contributed by atoms with E-state index in [1.807, 2.05) is 11.3 Å². The van der Waals surface area contributed by atoms with Gasteiger partial charge in [0.25, 0.3) is 0 Å². The van der Waals surface area contributed by atoms with E-state index in [0.717, 1.165) is 71.4 Å². The Balaban J connectivity index is 1.05. The summed E-state index contributed by atoms with van der Waals surface area (Å²) < 4.78 is 11.6. The lowest BCUT2D eigenvalue weighted by molar-refractivity contribution is 0.487. The first-order valence-electron chi connectivity index (χ1n) is 18.4. The smallest absolute Gasteiger partial charge is 0.161 e. The van der Waals surface area contributed by atoms with Gasteiger partial charge in [-0.2, -0.15) is 0 Å². The zero-order chi connectivity index (χ0) is 36.0. The Labute approximate surface area is 324 Å². The lowest BCUT2D eigenvalue weighted by Gasteiger charge is -2.23. The quantitative estimate of drug-likeness (QED) is 0.180. The first-order valence-corrected chi connectivity index (χ1v) is 20.0. The Bertz CT molecular complexity index is 3360. The summed E-state index contributed by atoms with van der Waals surface area (Å²) in [4.78, 5) is 10.8. The number of thiophene rings is 2. The van der Waals surface area contributed by atoms with Crippen LogP contribution in [0.5, 0.6) is 11.5 Å². The molecule has 12 rings (SSSR count). The van der Waals surface area contributed by atoms with Crippen LogP contribution in [0.1, 0.15) is 0 Å². The maximum Gasteiger partial charge on any atom is 0.161 e. The Kier molecular flexibility index (Phi) is 6.67. The molecule has 0 atom stereocenters. The molecule has 0 radical (unpaired) electrons. The molecule has 0 unspecified atom stereocenters. The molecule has 256 valence electrons. The van der Waals surface area contributed by atoms with Crippen LogP contribution >= 0.6 is 22.7 Å². The molecule has 0 saturated heterocycles. The number of rotatable bonds is 4. The molecule has 4 heterocycles. The molecule has 0 fully saturated rings. The number of aromatic nitrogens is 2. The third-order valence-electron chi connectivity index (χ3n) is 10.9. The van der Waals surface area contributed by atoms with Crippen molar-refractivity contribution in [1.82, 2.24) is 9.97 Å². The second kappa shape index (κ2) is 11.9. The van der Waals surface area contributed by atoms with Crippen molar-refractivity contribution in [3.63, 3.8) is 0 Å². The molecule has 55 heavy (non-hydrogen) atoms. The van der Waals surface area contributed by atoms with Crippen LogP contribution in [-0.2, 0) is 0 Å². The summed E-state index contributed by atoms with van der Waals surface area (Å²) in [5.74, 6) is 2.41. The summed E-state index contributed by atoms with van der Waals surface area (Å²) in [7, 11) is 0. The van der Waals surface area contributed by atoms with Gasteiger partial charge in [-0.15, -0.1) is 22.7 Å². The Morgan fingerprint density at radius 2 is 1.05 bits per heavy atom. The van der Waals surface area contributed by atoms with E-state index in [0.29, 0.717) is 5.82 Å². The van der Waals surface area contributed by atoms with Gasteiger partial charge in [0.2, 0.25) is 0 Å². The van der Waals surface area contributed by atoms with Crippen LogP contribution in [0.25, 0.3) is 107 Å². The molecule has 1 aliphatic heterocycles. The largest absolute Gasteiger partial charge is 0.456 e. The summed E-state index contributed by atoms with van der Waals surface area (Å²) in [5.41, 5.74) is 11.0. The van der Waals surface area contributed by atoms with E-state index < -0.39 is 0 Å². The highest BCUT2D eigenvalue weighted by Gasteiger charge is 2.25. The van der Waals surface area contributed by atoms with Crippen molar-refractivity contribution in [2.24, 2.45) is 0 Å². The second-order valence-electron chi connectivity index (χ2n) is 14.1. The van der Waals surface area contributed by atoms with Gasteiger partial charge >= 0.3 is 0 Å². The zero-order valence-electron chi connectivity index (χ0n) is 29.3. The van der Waals surface area contributed by atoms with E-state index in [4.69, 9.17) is 14.7 Å². The summed E-state index contributed by atoms with van der Waals surface area (Å²) in [6, 6.07) is 60.5. The number of hydrogen-bond acceptors (Lipinski definition) is 5. The van der Waals surface area contributed by atoms with Crippen molar-refractivity contribution in [3.8, 4) is 67.5 Å². The minimum atomic E-state index is 0.704. The van der Waals surface area contributed by atoms with Crippen LogP contribution < -0.4 is 4.74 Å². The molecular formula is C50H28N2OS2. The summed E-state index contributed by atoms with van der Waals surface area (Å²) in [5, 5.41) is 5.90. The Hall–Kier alpha value is -6.66. The number of nitrogens with zero attached hydrogens (tertiary/aromatic N) is 2. The summed E-state index contributed by atoms with van der Waals surface area (Å²) in [6.45, 7) is 0. The van der Waals surface area contributed by atoms with Gasteiger partial charge < -0.3 is 4.74 Å². The van der Waals surface area contributed by atoms with Gasteiger partial charge in [-0.25, -0.2) is 9.97 Å². The first kappa shape index (κ1) is 30.8. The van der Waals surface area contributed by atoms with Crippen LogP contribution in [0.3, 0.4) is 0 Å². The fraction of sp³-hybridized carbons (Fsp3) is 0. The van der Waals surface area contributed by atoms with Crippen molar-refractivity contribution in [2.45, 2.75) is 0 Å². The SMILES string of the molecule is c1ccc(-c2cccc(-c3nc(-c4ccc5c6c(cccc46)-c4cc(-c6cccc7c6sc6ccccc67)ccc4O5)nc4c3sc3ccccc34)c2)cc1. The molecule has 3 aromatic heterocycles. The molecule has 0 aliphatic carbocycles. The third-order valence-corrected chi connectivity index (χ3v) is 13.3. The highest BCUT2D eigenvalue weighted by atomic mass is 32.1. The predicted molar refractivity (Wildman–Crippen MR) is 233 cm³/mol. The van der Waals surface area contributed by atoms with Gasteiger partial charge in [-0.1, -0.05) is 127 Å². The van der Waals surface area contributed by atoms with E-state index in [1.165, 1.54) is 41.6 Å². The Morgan fingerprint density at radius 1 is 0.382 bits per heavy atom. The van der Waals surface area contributed by atoms with E-state index in [1.54, 1.807) is 11.3 Å². The molecule has 11 aromatic rings. The molecule has 3 nitrogen and oxygen atoms in total. The highest BCUT2D eigenvalue weighted by Crippen LogP contribution is 2.51. The van der Waals surface area contributed by atoms with E-state index in [9.17, 15) is 0 Å². The average Bonchev–Trinajstić information content (AvgIpc) is 3.83. The van der Waals surface area contributed by atoms with Crippen LogP contribution in [0.15, 0.2) is 170 Å². The van der Waals surface area contributed by atoms with E-state index in [2.05, 4.69) is 170 Å². The molecule has 0 amide bonds. The standard InChI is InChI=1S/C50H28N2OS2/c1-2-11-29(12-3-1)30-13-8-14-32(27-30)46-49-47(39-16-5-7-22-44(39)55-49)52-50(51-46)38-24-26-42-45-35(38)18-10-19-36(45)40-28-31(23-25-41(40)53-42)33-17-9-20-37-34-15-4-6-21-43(34)54-48(33)37/h1-28H. The minimum absolute atomic E-state index is 0.704. The van der Waals surface area contributed by atoms with Crippen molar-refractivity contribution < 1.29 is 4.74 Å². The summed E-state index contributed by atoms with van der Waals surface area (Å²) in [6.07, 6.45) is 0. The Morgan fingerprint density at radius 3 is 1.95 bits per heavy atom. The lowest BCUT2D eigenvalue weighted by Crippen LogP contribution is -2.00. The van der Waals surface area contributed by atoms with Gasteiger partial charge in [-0.3, -0.25) is 0 Å². The maximum atomic E-state index is 6.69. The van der Waals surface area contributed by atoms with E-state index in [-0.39, 0.29) is 0 Å². The molecule has 0 spiro atoms. The fourth-order valence-electron chi connectivity index (χ4n) is 8.35. The van der Waals surface area contributed by atoms with Gasteiger partial charge in [-0.05, 0) is 75.7 Å². The van der Waals surface area contributed by atoms with Gasteiger partial charge in [0, 0.05) is 52.3 Å². The van der Waals surface area contributed by atoms with Gasteiger partial charge in [0.1, 0.15) is 11.5 Å². The molecular weight excluding hydrogens is 709 g/mol. The van der Waals surface area contributed by atoms with Crippen LogP contribution in [-0.4, -0.2) is 9.97 Å². The molecule has 0 saturated carbocycles. The molecule has 0 N–H and O–H groups in total. The monoisotopic (exact) mass is 736 g/mol. The molecule has 0 bridgehead atoms. The van der Waals surface area contributed by atoms with E-state index >= 15 is 0 Å². The lowest BCUT2D eigenvalue weighted by atomic mass is 9.90. The third kappa shape index (κ3) is 4.74. The molecule has 5 heteroatoms. The number of ether oxygens (including phenoxy) is 1. The fourth-order valence-corrected chi connectivity index (χ4v) is 10.7. The van der Waals surface area contributed by atoms with Gasteiger partial charge in [0.15, 0.2) is 5.82 Å². The van der Waals surface area contributed by atoms with Crippen LogP contribution in [0.4, 0.5) is 0 Å². The normalized spacial score (nSPS) is 12.1. The van der Waals surface area contributed by atoms with Gasteiger partial charge in [0.05, 0.1) is 15.9 Å². The van der Waals surface area contributed by atoms with Crippen LogP contribution in [0.2, 0.25) is 0 Å². The van der Waals surface area contributed by atoms with Crippen molar-refractivity contribution in [3.05, 3.63) is 170 Å². The minimum Gasteiger partial charge on any atom is -0.456 e. The topological polar surface area (TPSA) is 35.0 Å². The highest BCUT2D eigenvalue weighted by molar-refractivity contribution is 7.26. The predicted octanol–water partition coefficient (Wildman–Crippen LogP) is 14.8. The van der Waals surface area contributed by atoms with Crippen molar-refractivity contribution in [2.75, 3.05) is 0 Å². The number of hydrogen-bond donors (Lipinski definition) is 0.